The van der Waals surface area contributed by atoms with E-state index in [1.54, 1.807) is 24.3 Å². The Kier molecular flexibility index (Phi) is 1.95. The number of rotatable bonds is 2. The van der Waals surface area contributed by atoms with E-state index < -0.39 is 0 Å². The first-order valence-corrected chi connectivity index (χ1v) is 2.84. The van der Waals surface area contributed by atoms with Gasteiger partial charge in [-0.3, -0.25) is 4.79 Å². The summed E-state index contributed by atoms with van der Waals surface area (Å²) in [6.45, 7) is 3.22. The first kappa shape index (κ1) is 6.68. The highest BCUT2D eigenvalue weighted by Gasteiger charge is 1.96. The molecule has 0 spiro atoms. The van der Waals surface area contributed by atoms with E-state index >= 15 is 0 Å². The van der Waals surface area contributed by atoms with Gasteiger partial charge in [0, 0.05) is 17.7 Å². The molecule has 0 saturated heterocycles. The number of hydrogen-bond donors (Lipinski definition) is 0. The van der Waals surface area contributed by atoms with Crippen molar-refractivity contribution in [3.05, 3.63) is 29.8 Å². The monoisotopic (exact) mass is 135 g/mol. The van der Waals surface area contributed by atoms with Crippen LogP contribution in [-0.4, -0.2) is 13.1 Å². The van der Waals surface area contributed by atoms with E-state index in [-0.39, 0.29) is 0 Å². The maximum atomic E-state index is 10.1. The Morgan fingerprint density at radius 1 is 1.30 bits per heavy atom. The van der Waals surface area contributed by atoms with Crippen LogP contribution in [-0.2, 0) is 4.42 Å². The van der Waals surface area contributed by atoms with Gasteiger partial charge in [-0.15, -0.1) is 0 Å². The molecule has 1 rings (SSSR count). The molecule has 0 aliphatic rings. The van der Waals surface area contributed by atoms with Crippen molar-refractivity contribution < 1.29 is 9.22 Å². The van der Waals surface area contributed by atoms with E-state index in [2.05, 4.69) is 11.2 Å². The molecule has 0 saturated carbocycles. The van der Waals surface area contributed by atoms with Crippen LogP contribution in [0.25, 0.3) is 0 Å². The van der Waals surface area contributed by atoms with Gasteiger partial charge in [-0.2, -0.15) is 0 Å². The minimum Gasteiger partial charge on any atom is -0.298 e. The lowest BCUT2D eigenvalue weighted by atomic mass is 10.2. The van der Waals surface area contributed by atoms with Crippen molar-refractivity contribution >= 4 is 13.1 Å². The lowest BCUT2D eigenvalue weighted by molar-refractivity contribution is -0.354. The SMILES string of the molecule is C=[O+]c1ccc(C=O)cc1. The van der Waals surface area contributed by atoms with Crippen molar-refractivity contribution in [3.63, 3.8) is 0 Å². The fourth-order valence-corrected chi connectivity index (χ4v) is 0.643. The van der Waals surface area contributed by atoms with Crippen molar-refractivity contribution in [1.82, 2.24) is 0 Å². The predicted octanol–water partition coefficient (Wildman–Crippen LogP) is 1.58. The number of hydrogen-bond acceptors (Lipinski definition) is 1. The standard InChI is InChI=1S/C8H7O2/c1-10-8-4-2-7(6-9)3-5-8/h2-6H,1H2/q+1. The molecule has 0 heterocycles. The molecule has 0 radical (unpaired) electrons. The second-order valence-electron chi connectivity index (χ2n) is 1.83. The third-order valence-corrected chi connectivity index (χ3v) is 1.18. The molecule has 0 unspecified atom stereocenters. The second kappa shape index (κ2) is 2.92. The molecule has 0 bridgehead atoms. The Morgan fingerprint density at radius 2 is 1.90 bits per heavy atom. The molecule has 1 aromatic carbocycles. The quantitative estimate of drug-likeness (QED) is 0.447. The first-order chi connectivity index (χ1) is 4.86. The van der Waals surface area contributed by atoms with Gasteiger partial charge < -0.3 is 0 Å². The van der Waals surface area contributed by atoms with E-state index in [1.165, 1.54) is 0 Å². The molecule has 0 N–H and O–H groups in total. The molecular weight excluding hydrogens is 128 g/mol. The Labute approximate surface area is 58.8 Å². The minimum atomic E-state index is 0.640. The van der Waals surface area contributed by atoms with Crippen LogP contribution in [0.15, 0.2) is 24.3 Å². The van der Waals surface area contributed by atoms with Gasteiger partial charge in [0.15, 0.2) is 0 Å². The smallest absolute Gasteiger partial charge is 0.298 e. The van der Waals surface area contributed by atoms with Gasteiger partial charge in [0.05, 0.1) is 0 Å². The van der Waals surface area contributed by atoms with Gasteiger partial charge in [-0.05, 0) is 12.1 Å². The summed E-state index contributed by atoms with van der Waals surface area (Å²) >= 11 is 0. The summed E-state index contributed by atoms with van der Waals surface area (Å²) in [5.74, 6) is 0.658. The van der Waals surface area contributed by atoms with Gasteiger partial charge >= 0.3 is 5.75 Å². The molecular formula is C8H7O2+. The summed E-state index contributed by atoms with van der Waals surface area (Å²) in [5, 5.41) is 0. The summed E-state index contributed by atoms with van der Waals surface area (Å²) < 4.78 is 4.65. The van der Waals surface area contributed by atoms with Crippen molar-refractivity contribution in [2.24, 2.45) is 0 Å². The van der Waals surface area contributed by atoms with E-state index in [0.717, 1.165) is 6.29 Å². The highest BCUT2D eigenvalue weighted by molar-refractivity contribution is 5.74. The summed E-state index contributed by atoms with van der Waals surface area (Å²) in [5.41, 5.74) is 0.640. The van der Waals surface area contributed by atoms with Crippen LogP contribution < -0.4 is 0 Å². The lowest BCUT2D eigenvalue weighted by Crippen LogP contribution is -1.75. The fourth-order valence-electron chi connectivity index (χ4n) is 0.643. The average Bonchev–Trinajstić information content (AvgIpc) is 2.05. The molecule has 2 nitrogen and oxygen atoms in total. The zero-order valence-electron chi connectivity index (χ0n) is 5.41. The predicted molar refractivity (Wildman–Crippen MR) is 38.4 cm³/mol. The van der Waals surface area contributed by atoms with Crippen LogP contribution in [0.5, 0.6) is 5.75 Å². The summed E-state index contributed by atoms with van der Waals surface area (Å²) in [4.78, 5) is 10.1. The molecule has 0 aromatic heterocycles. The third-order valence-electron chi connectivity index (χ3n) is 1.18. The van der Waals surface area contributed by atoms with Crippen molar-refractivity contribution in [2.45, 2.75) is 0 Å². The van der Waals surface area contributed by atoms with E-state index in [0.29, 0.717) is 11.3 Å². The topological polar surface area (TPSA) is 28.4 Å². The van der Waals surface area contributed by atoms with Crippen LogP contribution in [0.1, 0.15) is 10.4 Å². The van der Waals surface area contributed by atoms with Crippen LogP contribution >= 0.6 is 0 Å². The summed E-state index contributed by atoms with van der Waals surface area (Å²) in [6, 6.07) is 6.73. The fraction of sp³-hybridized carbons (Fsp3) is 0. The number of carbonyl (C=O) groups excluding carboxylic acids is 2. The van der Waals surface area contributed by atoms with Crippen molar-refractivity contribution in [2.75, 3.05) is 0 Å². The molecule has 0 aliphatic carbocycles. The highest BCUT2D eigenvalue weighted by atomic mass is 16.4. The maximum absolute atomic E-state index is 10.1. The average molecular weight is 135 g/mol. The van der Waals surface area contributed by atoms with Crippen molar-refractivity contribution in [1.29, 1.82) is 0 Å². The van der Waals surface area contributed by atoms with Gasteiger partial charge in [0.25, 0.3) is 6.79 Å². The Hall–Kier alpha value is -1.44. The Balaban J connectivity index is 3.00. The summed E-state index contributed by atoms with van der Waals surface area (Å²) in [7, 11) is 0. The van der Waals surface area contributed by atoms with Crippen molar-refractivity contribution in [3.8, 4) is 5.75 Å². The number of carbonyl (C=O) groups is 1. The highest BCUT2D eigenvalue weighted by Crippen LogP contribution is 2.09. The van der Waals surface area contributed by atoms with Crippen LogP contribution in [0, 0.1) is 0 Å². The largest absolute Gasteiger partial charge is 0.351 e. The molecule has 2 heteroatoms. The minimum absolute atomic E-state index is 0.640. The van der Waals surface area contributed by atoms with E-state index in [1.807, 2.05) is 0 Å². The van der Waals surface area contributed by atoms with Crippen LogP contribution in [0.4, 0.5) is 0 Å². The zero-order valence-corrected chi connectivity index (χ0v) is 5.41. The Bertz CT molecular complexity index is 209. The number of aldehydes is 1. The first-order valence-electron chi connectivity index (χ1n) is 2.84. The molecule has 1 aromatic rings. The molecule has 0 atom stereocenters. The normalized spacial score (nSPS) is 8.80. The van der Waals surface area contributed by atoms with Gasteiger partial charge in [0.1, 0.15) is 6.29 Å². The van der Waals surface area contributed by atoms with Crippen LogP contribution in [0.2, 0.25) is 0 Å². The summed E-state index contributed by atoms with van der Waals surface area (Å²) in [6.07, 6.45) is 0.785. The maximum Gasteiger partial charge on any atom is 0.351 e. The van der Waals surface area contributed by atoms with Gasteiger partial charge in [0.2, 0.25) is 0 Å². The zero-order chi connectivity index (χ0) is 7.40. The third kappa shape index (κ3) is 1.29. The molecule has 10 heavy (non-hydrogen) atoms. The molecule has 0 fully saturated rings. The molecule has 0 amide bonds. The molecule has 0 aliphatic heterocycles. The van der Waals surface area contributed by atoms with Gasteiger partial charge in [-0.25, -0.2) is 4.42 Å². The van der Waals surface area contributed by atoms with Gasteiger partial charge in [-0.1, -0.05) is 0 Å². The van der Waals surface area contributed by atoms with E-state index in [9.17, 15) is 4.79 Å². The number of benzene rings is 1. The van der Waals surface area contributed by atoms with Crippen LogP contribution in [0.3, 0.4) is 0 Å². The second-order valence-corrected chi connectivity index (χ2v) is 1.83. The lowest BCUT2D eigenvalue weighted by Gasteiger charge is -1.83. The van der Waals surface area contributed by atoms with E-state index in [4.69, 9.17) is 0 Å². The Morgan fingerprint density at radius 3 is 2.30 bits per heavy atom. The molecule has 50 valence electrons.